The van der Waals surface area contributed by atoms with Crippen molar-refractivity contribution in [1.29, 1.82) is 0 Å². The summed E-state index contributed by atoms with van der Waals surface area (Å²) < 4.78 is 0. The quantitative estimate of drug-likeness (QED) is 0.776. The van der Waals surface area contributed by atoms with Crippen molar-refractivity contribution in [3.05, 3.63) is 17.0 Å². The lowest BCUT2D eigenvalue weighted by atomic mass is 10.2. The molecule has 0 saturated carbocycles. The Balaban J connectivity index is 2.72. The Morgan fingerprint density at radius 3 is 2.64 bits per heavy atom. The van der Waals surface area contributed by atoms with Gasteiger partial charge in [-0.25, -0.2) is 0 Å². The van der Waals surface area contributed by atoms with Gasteiger partial charge in [0.2, 0.25) is 0 Å². The van der Waals surface area contributed by atoms with Gasteiger partial charge in [0.1, 0.15) is 0 Å². The van der Waals surface area contributed by atoms with Gasteiger partial charge in [-0.15, -0.1) is 11.3 Å². The van der Waals surface area contributed by atoms with E-state index in [0.717, 1.165) is 5.00 Å². The lowest BCUT2D eigenvalue weighted by Crippen LogP contribution is -2.35. The van der Waals surface area contributed by atoms with Crippen LogP contribution in [0.5, 0.6) is 0 Å². The van der Waals surface area contributed by atoms with E-state index in [2.05, 4.69) is 13.0 Å². The summed E-state index contributed by atoms with van der Waals surface area (Å²) in [6.07, 6.45) is 0.602. The Hall–Kier alpha value is -0.580. The first-order chi connectivity index (χ1) is 6.70. The second-order valence-corrected chi connectivity index (χ2v) is 4.26. The van der Waals surface area contributed by atoms with Crippen molar-refractivity contribution in [2.45, 2.75) is 19.4 Å². The highest BCUT2D eigenvalue weighted by atomic mass is 32.1. The van der Waals surface area contributed by atoms with Crippen molar-refractivity contribution in [3.63, 3.8) is 0 Å². The number of aryl methyl sites for hydroxylation is 1. The van der Waals surface area contributed by atoms with Crippen LogP contribution in [0.15, 0.2) is 11.4 Å². The highest BCUT2D eigenvalue weighted by Gasteiger charge is 2.15. The molecule has 4 heteroatoms. The largest absolute Gasteiger partial charge is 0.396 e. The second-order valence-electron chi connectivity index (χ2n) is 3.37. The summed E-state index contributed by atoms with van der Waals surface area (Å²) in [4.78, 5) is 2.04. The first-order valence-electron chi connectivity index (χ1n) is 4.69. The zero-order valence-electron chi connectivity index (χ0n) is 8.60. The summed E-state index contributed by atoms with van der Waals surface area (Å²) >= 11 is 1.66. The minimum atomic E-state index is 0.0114. The van der Waals surface area contributed by atoms with Crippen molar-refractivity contribution in [2.24, 2.45) is 0 Å². The zero-order valence-corrected chi connectivity index (χ0v) is 9.42. The summed E-state index contributed by atoms with van der Waals surface area (Å²) in [7, 11) is 1.95. The summed E-state index contributed by atoms with van der Waals surface area (Å²) in [6, 6.07) is 2.07. The molecule has 0 aliphatic carbocycles. The smallest absolute Gasteiger partial charge is 0.0938 e. The molecule has 1 rings (SSSR count). The van der Waals surface area contributed by atoms with E-state index in [1.807, 2.05) is 17.3 Å². The first-order valence-corrected chi connectivity index (χ1v) is 5.57. The number of nitrogens with zero attached hydrogens (tertiary/aromatic N) is 1. The van der Waals surface area contributed by atoms with Crippen LogP contribution in [0.4, 0.5) is 5.00 Å². The zero-order chi connectivity index (χ0) is 10.6. The predicted octanol–water partition coefficient (Wildman–Crippen LogP) is 1.24. The maximum absolute atomic E-state index is 9.17. The van der Waals surface area contributed by atoms with Gasteiger partial charge in [-0.3, -0.25) is 0 Å². The predicted molar refractivity (Wildman–Crippen MR) is 60.0 cm³/mol. The fraction of sp³-hybridized carbons (Fsp3) is 0.600. The maximum Gasteiger partial charge on any atom is 0.0938 e. The van der Waals surface area contributed by atoms with Gasteiger partial charge in [0.05, 0.1) is 17.6 Å². The third-order valence-corrected chi connectivity index (χ3v) is 3.48. The molecular formula is C10H17NO2S. The Kier molecular flexibility index (Phi) is 4.38. The van der Waals surface area contributed by atoms with Crippen LogP contribution in [-0.2, 0) is 0 Å². The summed E-state index contributed by atoms with van der Waals surface area (Å²) in [5, 5.41) is 21.2. The number of hydrogen-bond donors (Lipinski definition) is 2. The van der Waals surface area contributed by atoms with Crippen LogP contribution in [0.25, 0.3) is 0 Å². The molecule has 0 aromatic carbocycles. The van der Waals surface area contributed by atoms with Crippen molar-refractivity contribution >= 4 is 16.3 Å². The Morgan fingerprint density at radius 1 is 1.50 bits per heavy atom. The van der Waals surface area contributed by atoms with Crippen molar-refractivity contribution in [1.82, 2.24) is 0 Å². The van der Waals surface area contributed by atoms with E-state index in [1.54, 1.807) is 11.3 Å². The van der Waals surface area contributed by atoms with Crippen LogP contribution in [0.1, 0.15) is 12.0 Å². The van der Waals surface area contributed by atoms with Crippen molar-refractivity contribution < 1.29 is 10.2 Å². The number of likely N-dealkylation sites (N-methyl/N-ethyl adjacent to an activating group) is 1. The molecule has 0 aliphatic heterocycles. The summed E-state index contributed by atoms with van der Waals surface area (Å²) in [6.45, 7) is 2.24. The highest BCUT2D eigenvalue weighted by Crippen LogP contribution is 2.27. The average Bonchev–Trinajstić information content (AvgIpc) is 2.59. The van der Waals surface area contributed by atoms with E-state index in [1.165, 1.54) is 5.56 Å². The number of hydrogen-bond acceptors (Lipinski definition) is 4. The molecule has 0 fully saturated rings. The van der Waals surface area contributed by atoms with Crippen molar-refractivity contribution in [3.8, 4) is 0 Å². The van der Waals surface area contributed by atoms with Gasteiger partial charge in [-0.05, 0) is 30.4 Å². The molecule has 2 N–H and O–H groups in total. The molecule has 14 heavy (non-hydrogen) atoms. The molecule has 1 aromatic rings. The average molecular weight is 215 g/mol. The standard InChI is InChI=1S/C10H17NO2S/c1-8-4-6-14-10(8)11(2)9(7-13)3-5-12/h4,6,9,12-13H,3,5,7H2,1-2H3. The summed E-state index contributed by atoms with van der Waals surface area (Å²) in [5.74, 6) is 0. The van der Waals surface area contributed by atoms with Crippen LogP contribution in [0.3, 0.4) is 0 Å². The first kappa shape index (κ1) is 11.5. The second kappa shape index (κ2) is 5.34. The van der Waals surface area contributed by atoms with Crippen molar-refractivity contribution in [2.75, 3.05) is 25.2 Å². The van der Waals surface area contributed by atoms with Crippen LogP contribution in [-0.4, -0.2) is 36.5 Å². The van der Waals surface area contributed by atoms with E-state index in [0.29, 0.717) is 6.42 Å². The van der Waals surface area contributed by atoms with Crippen LogP contribution >= 0.6 is 11.3 Å². The monoisotopic (exact) mass is 215 g/mol. The van der Waals surface area contributed by atoms with Gasteiger partial charge in [0, 0.05) is 13.7 Å². The fourth-order valence-corrected chi connectivity index (χ4v) is 2.42. The van der Waals surface area contributed by atoms with Gasteiger partial charge in [0.25, 0.3) is 0 Å². The highest BCUT2D eigenvalue weighted by molar-refractivity contribution is 7.14. The van der Waals surface area contributed by atoms with E-state index < -0.39 is 0 Å². The maximum atomic E-state index is 9.17. The third kappa shape index (κ3) is 2.47. The molecule has 1 unspecified atom stereocenters. The molecular weight excluding hydrogens is 198 g/mol. The molecule has 0 saturated heterocycles. The fourth-order valence-electron chi connectivity index (χ4n) is 1.45. The molecule has 3 nitrogen and oxygen atoms in total. The number of anilines is 1. The van der Waals surface area contributed by atoms with Gasteiger partial charge in [0.15, 0.2) is 0 Å². The molecule has 0 radical (unpaired) electrons. The lowest BCUT2D eigenvalue weighted by Gasteiger charge is -2.27. The number of aliphatic hydroxyl groups is 2. The molecule has 80 valence electrons. The lowest BCUT2D eigenvalue weighted by molar-refractivity contribution is 0.218. The summed E-state index contributed by atoms with van der Waals surface area (Å²) in [5.41, 5.74) is 1.22. The number of rotatable bonds is 5. The number of thiophene rings is 1. The van der Waals surface area contributed by atoms with Gasteiger partial charge in [-0.2, -0.15) is 0 Å². The molecule has 0 aliphatic rings. The van der Waals surface area contributed by atoms with E-state index in [4.69, 9.17) is 10.2 Å². The van der Waals surface area contributed by atoms with Gasteiger partial charge >= 0.3 is 0 Å². The van der Waals surface area contributed by atoms with E-state index in [-0.39, 0.29) is 19.3 Å². The van der Waals surface area contributed by atoms with E-state index in [9.17, 15) is 0 Å². The molecule has 1 heterocycles. The van der Waals surface area contributed by atoms with Gasteiger partial charge < -0.3 is 15.1 Å². The van der Waals surface area contributed by atoms with Crippen LogP contribution < -0.4 is 4.90 Å². The number of aliphatic hydroxyl groups excluding tert-OH is 2. The Morgan fingerprint density at radius 2 is 2.21 bits per heavy atom. The third-order valence-electron chi connectivity index (χ3n) is 2.38. The Labute approximate surface area is 88.6 Å². The van der Waals surface area contributed by atoms with Gasteiger partial charge in [-0.1, -0.05) is 0 Å². The molecule has 1 atom stereocenters. The van der Waals surface area contributed by atoms with E-state index >= 15 is 0 Å². The molecule has 0 spiro atoms. The SMILES string of the molecule is Cc1ccsc1N(C)C(CO)CCO. The minimum Gasteiger partial charge on any atom is -0.396 e. The Bertz CT molecular complexity index is 275. The molecule has 0 amide bonds. The topological polar surface area (TPSA) is 43.7 Å². The van der Waals surface area contributed by atoms with Crippen LogP contribution in [0, 0.1) is 6.92 Å². The van der Waals surface area contributed by atoms with Crippen LogP contribution in [0.2, 0.25) is 0 Å². The normalized spacial score (nSPS) is 12.9. The molecule has 1 aromatic heterocycles. The molecule has 0 bridgehead atoms. The minimum absolute atomic E-state index is 0.0114.